The zero-order valence-electron chi connectivity index (χ0n) is 17.5. The first-order chi connectivity index (χ1) is 16.0. The van der Waals surface area contributed by atoms with Crippen LogP contribution >= 0.6 is 23.2 Å². The summed E-state index contributed by atoms with van der Waals surface area (Å²) in [4.78, 5) is 29.8. The van der Waals surface area contributed by atoms with Crippen LogP contribution in [0.2, 0.25) is 10.0 Å². The van der Waals surface area contributed by atoms with Gasteiger partial charge in [0.15, 0.2) is 6.61 Å². The number of nitriles is 1. The minimum atomic E-state index is -0.573. The van der Waals surface area contributed by atoms with Crippen molar-refractivity contribution in [2.45, 2.75) is 19.3 Å². The van der Waals surface area contributed by atoms with Crippen molar-refractivity contribution in [3.05, 3.63) is 74.9 Å². The third-order valence-electron chi connectivity index (χ3n) is 5.32. The molecule has 0 fully saturated rings. The summed E-state index contributed by atoms with van der Waals surface area (Å²) in [5.74, 6) is -1.02. The minimum absolute atomic E-state index is 0.191. The molecule has 1 heterocycles. The Bertz CT molecular complexity index is 1330. The molecular formula is C25H19Cl2N3O3. The SMILES string of the molecule is N#CCCNC(=O)COC(=O)c1c2c(nc3ccccc13)/C(=C/c1ccc(Cl)c(Cl)c1)CC2. The molecule has 0 saturated heterocycles. The lowest BCUT2D eigenvalue weighted by atomic mass is 10.0. The minimum Gasteiger partial charge on any atom is -0.452 e. The predicted octanol–water partition coefficient (Wildman–Crippen LogP) is 5.22. The monoisotopic (exact) mass is 479 g/mol. The molecule has 0 atom stereocenters. The van der Waals surface area contributed by atoms with E-state index in [1.165, 1.54) is 0 Å². The largest absolute Gasteiger partial charge is 0.452 e. The van der Waals surface area contributed by atoms with Gasteiger partial charge in [-0.2, -0.15) is 5.26 Å². The van der Waals surface area contributed by atoms with E-state index in [0.717, 1.165) is 22.4 Å². The van der Waals surface area contributed by atoms with Gasteiger partial charge in [0, 0.05) is 11.9 Å². The number of ether oxygens (including phenoxy) is 1. The number of amides is 1. The van der Waals surface area contributed by atoms with E-state index in [2.05, 4.69) is 5.32 Å². The van der Waals surface area contributed by atoms with Crippen LogP contribution in [0.4, 0.5) is 0 Å². The predicted molar refractivity (Wildman–Crippen MR) is 128 cm³/mol. The van der Waals surface area contributed by atoms with Gasteiger partial charge < -0.3 is 10.1 Å². The molecule has 33 heavy (non-hydrogen) atoms. The maximum absolute atomic E-state index is 13.1. The van der Waals surface area contributed by atoms with Gasteiger partial charge in [0.2, 0.25) is 0 Å². The molecule has 1 aliphatic rings. The number of esters is 1. The van der Waals surface area contributed by atoms with Crippen molar-refractivity contribution in [1.29, 1.82) is 5.26 Å². The van der Waals surface area contributed by atoms with E-state index in [0.29, 0.717) is 39.4 Å². The van der Waals surface area contributed by atoms with E-state index >= 15 is 0 Å². The highest BCUT2D eigenvalue weighted by molar-refractivity contribution is 6.42. The number of nitrogens with one attached hydrogen (secondary N) is 1. The van der Waals surface area contributed by atoms with Gasteiger partial charge in [-0.25, -0.2) is 9.78 Å². The normalized spacial score (nSPS) is 13.5. The smallest absolute Gasteiger partial charge is 0.339 e. The van der Waals surface area contributed by atoms with Gasteiger partial charge in [-0.05, 0) is 53.8 Å². The van der Waals surface area contributed by atoms with E-state index in [-0.39, 0.29) is 13.0 Å². The summed E-state index contributed by atoms with van der Waals surface area (Å²) in [5, 5.41) is 12.7. The number of halogens is 2. The Morgan fingerprint density at radius 2 is 1.97 bits per heavy atom. The van der Waals surface area contributed by atoms with Crippen molar-refractivity contribution in [2.24, 2.45) is 0 Å². The van der Waals surface area contributed by atoms with Crippen LogP contribution in [-0.4, -0.2) is 30.0 Å². The van der Waals surface area contributed by atoms with Gasteiger partial charge in [-0.1, -0.05) is 47.5 Å². The molecule has 0 unspecified atom stereocenters. The van der Waals surface area contributed by atoms with Crippen molar-refractivity contribution < 1.29 is 14.3 Å². The third kappa shape index (κ3) is 5.00. The third-order valence-corrected chi connectivity index (χ3v) is 6.06. The quantitative estimate of drug-likeness (QED) is 0.386. The summed E-state index contributed by atoms with van der Waals surface area (Å²) in [6.45, 7) is -0.203. The van der Waals surface area contributed by atoms with Crippen molar-refractivity contribution in [3.8, 4) is 6.07 Å². The fourth-order valence-electron chi connectivity index (χ4n) is 3.83. The Balaban J connectivity index is 1.67. The number of nitrogens with zero attached hydrogens (tertiary/aromatic N) is 2. The zero-order chi connectivity index (χ0) is 23.4. The molecule has 6 nitrogen and oxygen atoms in total. The lowest BCUT2D eigenvalue weighted by Gasteiger charge is -2.12. The number of fused-ring (bicyclic) bond motifs is 2. The number of carbonyl (C=O) groups is 2. The van der Waals surface area contributed by atoms with Crippen LogP contribution in [0.25, 0.3) is 22.6 Å². The molecule has 3 aromatic rings. The molecule has 0 radical (unpaired) electrons. The molecule has 0 bridgehead atoms. The Morgan fingerprint density at radius 1 is 1.15 bits per heavy atom. The van der Waals surface area contributed by atoms with Crippen molar-refractivity contribution in [3.63, 3.8) is 0 Å². The van der Waals surface area contributed by atoms with Gasteiger partial charge >= 0.3 is 5.97 Å². The lowest BCUT2D eigenvalue weighted by Crippen LogP contribution is -2.29. The second kappa shape index (κ2) is 10.0. The van der Waals surface area contributed by atoms with Crippen molar-refractivity contribution >= 4 is 57.6 Å². The number of benzene rings is 2. The highest BCUT2D eigenvalue weighted by Crippen LogP contribution is 2.38. The first-order valence-corrected chi connectivity index (χ1v) is 11.1. The maximum atomic E-state index is 13.1. The first kappa shape index (κ1) is 22.8. The average molecular weight is 480 g/mol. The molecule has 166 valence electrons. The van der Waals surface area contributed by atoms with E-state index in [1.54, 1.807) is 12.1 Å². The molecule has 2 aromatic carbocycles. The van der Waals surface area contributed by atoms with Crippen LogP contribution in [0, 0.1) is 11.3 Å². The summed E-state index contributed by atoms with van der Waals surface area (Å²) in [6.07, 6.45) is 3.51. The molecule has 1 aromatic heterocycles. The molecule has 0 spiro atoms. The Hall–Kier alpha value is -3.40. The molecule has 4 rings (SSSR count). The van der Waals surface area contributed by atoms with Gasteiger partial charge in [0.1, 0.15) is 0 Å². The van der Waals surface area contributed by atoms with Crippen LogP contribution < -0.4 is 5.32 Å². The zero-order valence-corrected chi connectivity index (χ0v) is 19.0. The van der Waals surface area contributed by atoms with Gasteiger partial charge in [0.05, 0.1) is 39.3 Å². The number of allylic oxidation sites excluding steroid dienone is 1. The molecule has 1 amide bonds. The summed E-state index contributed by atoms with van der Waals surface area (Å²) in [5.41, 5.74) is 4.51. The summed E-state index contributed by atoms with van der Waals surface area (Å²) in [6, 6.07) is 14.7. The number of para-hydroxylation sites is 1. The van der Waals surface area contributed by atoms with Gasteiger partial charge in [0.25, 0.3) is 5.91 Å². The molecular weight excluding hydrogens is 461 g/mol. The van der Waals surface area contributed by atoms with E-state index in [9.17, 15) is 9.59 Å². The van der Waals surface area contributed by atoms with Crippen LogP contribution in [0.1, 0.15) is 40.0 Å². The molecule has 0 saturated carbocycles. The Morgan fingerprint density at radius 3 is 2.76 bits per heavy atom. The number of hydrogen-bond acceptors (Lipinski definition) is 5. The van der Waals surface area contributed by atoms with E-state index < -0.39 is 18.5 Å². The molecule has 8 heteroatoms. The van der Waals surface area contributed by atoms with Crippen molar-refractivity contribution in [2.75, 3.05) is 13.2 Å². The number of rotatable bonds is 6. The second-order valence-corrected chi connectivity index (χ2v) is 8.32. The molecule has 1 N–H and O–H groups in total. The summed E-state index contributed by atoms with van der Waals surface area (Å²) < 4.78 is 5.32. The summed E-state index contributed by atoms with van der Waals surface area (Å²) in [7, 11) is 0. The van der Waals surface area contributed by atoms with Crippen LogP contribution in [0.15, 0.2) is 42.5 Å². The lowest BCUT2D eigenvalue weighted by molar-refractivity contribution is -0.124. The topological polar surface area (TPSA) is 92.1 Å². The van der Waals surface area contributed by atoms with Crippen LogP contribution in [0.5, 0.6) is 0 Å². The van der Waals surface area contributed by atoms with Crippen LogP contribution in [-0.2, 0) is 16.0 Å². The summed E-state index contributed by atoms with van der Waals surface area (Å²) >= 11 is 12.2. The highest BCUT2D eigenvalue weighted by atomic mass is 35.5. The molecule has 1 aliphatic carbocycles. The van der Waals surface area contributed by atoms with Gasteiger partial charge in [-0.15, -0.1) is 0 Å². The fourth-order valence-corrected chi connectivity index (χ4v) is 4.13. The standard InChI is InChI=1S/C25H19Cl2N3O3/c26-19-9-6-15(13-20(19)27)12-16-7-8-18-23(17-4-1-2-5-21(17)30-24(16)18)25(32)33-14-22(31)29-11-3-10-28/h1-2,4-6,9,12-13H,3,7-8,11,14H2,(H,29,31)/b16-12+. The number of carbonyl (C=O) groups excluding carboxylic acids is 2. The van der Waals surface area contributed by atoms with E-state index in [1.807, 2.05) is 42.5 Å². The number of hydrogen-bond donors (Lipinski definition) is 1. The Kier molecular flexibility index (Phi) is 6.93. The van der Waals surface area contributed by atoms with Crippen LogP contribution in [0.3, 0.4) is 0 Å². The maximum Gasteiger partial charge on any atom is 0.339 e. The highest BCUT2D eigenvalue weighted by Gasteiger charge is 2.28. The number of pyridine rings is 1. The van der Waals surface area contributed by atoms with Gasteiger partial charge in [-0.3, -0.25) is 4.79 Å². The average Bonchev–Trinajstić information content (AvgIpc) is 3.20. The first-order valence-electron chi connectivity index (χ1n) is 10.4. The molecule has 0 aliphatic heterocycles. The van der Waals surface area contributed by atoms with Crippen molar-refractivity contribution in [1.82, 2.24) is 10.3 Å². The number of aromatic nitrogens is 1. The second-order valence-electron chi connectivity index (χ2n) is 7.51. The van der Waals surface area contributed by atoms with E-state index in [4.69, 9.17) is 38.2 Å². The fraction of sp³-hybridized carbons (Fsp3) is 0.200. The Labute approximate surface area is 200 Å².